The van der Waals surface area contributed by atoms with Crippen LogP contribution in [0.4, 0.5) is 45.5 Å². The summed E-state index contributed by atoms with van der Waals surface area (Å²) in [7, 11) is -3.74. The Morgan fingerprint density at radius 3 is 1.23 bits per heavy atom. The highest BCUT2D eigenvalue weighted by Crippen LogP contribution is 2.24. The number of sulfonamides is 1. The van der Waals surface area contributed by atoms with E-state index in [9.17, 15) is 28.6 Å². The van der Waals surface area contributed by atoms with Gasteiger partial charge in [0.05, 0.1) is 32.6 Å². The summed E-state index contributed by atoms with van der Waals surface area (Å²) in [5, 5.41) is 40.4. The Kier molecular flexibility index (Phi) is 8.46. The smallest absolute Gasteiger partial charge is 0.269 e. The number of rotatable bonds is 11. The Balaban J connectivity index is 1.28. The molecule has 4 rings (SSSR count). The maximum atomic E-state index is 12.5. The fourth-order valence-corrected chi connectivity index (χ4v) is 4.07. The van der Waals surface area contributed by atoms with Gasteiger partial charge in [0.15, 0.2) is 0 Å². The van der Waals surface area contributed by atoms with E-state index < -0.39 is 25.7 Å². The summed E-state index contributed by atoms with van der Waals surface area (Å²) >= 11 is 0. The van der Waals surface area contributed by atoms with Crippen molar-refractivity contribution >= 4 is 55.5 Å². The molecule has 0 heterocycles. The zero-order chi connectivity index (χ0) is 28.5. The van der Waals surface area contributed by atoms with E-state index in [-0.39, 0.29) is 11.4 Å². The second kappa shape index (κ2) is 12.3. The van der Waals surface area contributed by atoms with Crippen LogP contribution in [0.15, 0.2) is 118 Å². The first-order chi connectivity index (χ1) is 19.2. The first kappa shape index (κ1) is 27.5. The number of benzene rings is 4. The lowest BCUT2D eigenvalue weighted by molar-refractivity contribution is -0.385. The highest BCUT2D eigenvalue weighted by molar-refractivity contribution is 7.92. The van der Waals surface area contributed by atoms with Gasteiger partial charge in [0.2, 0.25) is 0 Å². The van der Waals surface area contributed by atoms with Crippen LogP contribution in [0.2, 0.25) is 0 Å². The van der Waals surface area contributed by atoms with Crippen molar-refractivity contribution in [2.45, 2.75) is 0 Å². The average molecular weight is 561 g/mol. The van der Waals surface area contributed by atoms with Gasteiger partial charge in [-0.3, -0.25) is 25.0 Å². The van der Waals surface area contributed by atoms with Crippen molar-refractivity contribution < 1.29 is 18.3 Å². The van der Waals surface area contributed by atoms with Gasteiger partial charge < -0.3 is 5.32 Å². The standard InChI is InChI=1S/C25H20N8O6S/c34-32(35)24-13-9-21(10-14-24)29-27-19-3-1-18(2-4-19)26-17-40(38,39)31-23-7-5-20(6-8-23)28-30-22-11-15-25(16-12-22)33(36)37/h1-16,26,31H,17H2. The second-order valence-electron chi connectivity index (χ2n) is 8.08. The van der Waals surface area contributed by atoms with E-state index in [1.807, 2.05) is 0 Å². The third-order valence-electron chi connectivity index (χ3n) is 5.16. The van der Waals surface area contributed by atoms with E-state index >= 15 is 0 Å². The predicted octanol–water partition coefficient (Wildman–Crippen LogP) is 7.15. The number of azo groups is 2. The molecule has 0 spiro atoms. The molecule has 0 saturated carbocycles. The summed E-state index contributed by atoms with van der Waals surface area (Å²) in [6, 6.07) is 24.0. The number of nitro benzene ring substituents is 2. The Morgan fingerprint density at radius 2 is 0.875 bits per heavy atom. The molecule has 15 heteroatoms. The molecular formula is C25H20N8O6S. The Morgan fingerprint density at radius 1 is 0.550 bits per heavy atom. The van der Waals surface area contributed by atoms with Crippen LogP contribution < -0.4 is 10.0 Å². The number of anilines is 2. The number of non-ortho nitro benzene ring substituents is 2. The van der Waals surface area contributed by atoms with Gasteiger partial charge in [-0.2, -0.15) is 20.5 Å². The van der Waals surface area contributed by atoms with Gasteiger partial charge >= 0.3 is 0 Å². The van der Waals surface area contributed by atoms with Crippen LogP contribution in [-0.4, -0.2) is 24.1 Å². The van der Waals surface area contributed by atoms with Gasteiger partial charge in [0, 0.05) is 35.6 Å². The van der Waals surface area contributed by atoms with Gasteiger partial charge in [-0.25, -0.2) is 8.42 Å². The Bertz CT molecular complexity index is 1660. The zero-order valence-electron chi connectivity index (χ0n) is 20.5. The van der Waals surface area contributed by atoms with Crippen molar-refractivity contribution in [1.82, 2.24) is 0 Å². The van der Waals surface area contributed by atoms with Gasteiger partial charge in [-0.15, -0.1) is 0 Å². The zero-order valence-corrected chi connectivity index (χ0v) is 21.3. The normalized spacial score (nSPS) is 11.5. The number of nitrogens with zero attached hydrogens (tertiary/aromatic N) is 6. The number of hydrogen-bond acceptors (Lipinski definition) is 11. The predicted molar refractivity (Wildman–Crippen MR) is 148 cm³/mol. The summed E-state index contributed by atoms with van der Waals surface area (Å²) in [5.74, 6) is -0.391. The molecule has 0 atom stereocenters. The van der Waals surface area contributed by atoms with Crippen molar-refractivity contribution in [1.29, 1.82) is 0 Å². The highest BCUT2D eigenvalue weighted by atomic mass is 32.2. The molecule has 14 nitrogen and oxygen atoms in total. The number of nitrogens with one attached hydrogen (secondary N) is 2. The van der Waals surface area contributed by atoms with Crippen LogP contribution in [0.25, 0.3) is 0 Å². The summed E-state index contributed by atoms with van der Waals surface area (Å²) in [5.41, 5.74) is 2.64. The molecule has 2 N–H and O–H groups in total. The molecule has 0 bridgehead atoms. The van der Waals surface area contributed by atoms with E-state index in [1.54, 1.807) is 36.4 Å². The lowest BCUT2D eigenvalue weighted by Gasteiger charge is -2.10. The molecule has 4 aromatic carbocycles. The quantitative estimate of drug-likeness (QED) is 0.110. The van der Waals surface area contributed by atoms with E-state index in [2.05, 4.69) is 30.5 Å². The van der Waals surface area contributed by atoms with Crippen molar-refractivity contribution in [2.75, 3.05) is 15.9 Å². The Hall–Kier alpha value is -5.57. The Labute approximate surface area is 227 Å². The van der Waals surface area contributed by atoms with E-state index in [4.69, 9.17) is 0 Å². The maximum absolute atomic E-state index is 12.5. The van der Waals surface area contributed by atoms with Crippen molar-refractivity contribution in [3.05, 3.63) is 117 Å². The molecule has 0 saturated heterocycles. The van der Waals surface area contributed by atoms with Crippen LogP contribution in [-0.2, 0) is 10.0 Å². The topological polar surface area (TPSA) is 194 Å². The summed E-state index contributed by atoms with van der Waals surface area (Å²) < 4.78 is 27.5. The van der Waals surface area contributed by atoms with Crippen LogP contribution in [0.3, 0.4) is 0 Å². The molecule has 0 aromatic heterocycles. The lowest BCUT2D eigenvalue weighted by atomic mass is 10.3. The van der Waals surface area contributed by atoms with Gasteiger partial charge in [-0.1, -0.05) is 0 Å². The second-order valence-corrected chi connectivity index (χ2v) is 9.80. The largest absolute Gasteiger partial charge is 0.370 e. The molecule has 0 aliphatic rings. The van der Waals surface area contributed by atoms with Crippen molar-refractivity contribution in [3.63, 3.8) is 0 Å². The SMILES string of the molecule is O=[N+]([O-])c1ccc(N=Nc2ccc(NCS(=O)(=O)Nc3ccc(N=Nc4ccc([N+](=O)[O-])cc4)cc3)cc2)cc1. The maximum Gasteiger partial charge on any atom is 0.269 e. The van der Waals surface area contributed by atoms with Crippen LogP contribution >= 0.6 is 0 Å². The molecule has 0 unspecified atom stereocenters. The number of hydrogen-bond donors (Lipinski definition) is 2. The van der Waals surface area contributed by atoms with E-state index in [1.165, 1.54) is 60.7 Å². The van der Waals surface area contributed by atoms with Crippen molar-refractivity contribution in [3.8, 4) is 0 Å². The van der Waals surface area contributed by atoms with E-state index in [0.29, 0.717) is 34.1 Å². The molecule has 202 valence electrons. The lowest BCUT2D eigenvalue weighted by Crippen LogP contribution is -2.21. The van der Waals surface area contributed by atoms with Crippen LogP contribution in [0.1, 0.15) is 0 Å². The monoisotopic (exact) mass is 560 g/mol. The first-order valence-corrected chi connectivity index (χ1v) is 13.1. The van der Waals surface area contributed by atoms with Crippen LogP contribution in [0.5, 0.6) is 0 Å². The average Bonchev–Trinajstić information content (AvgIpc) is 2.95. The molecule has 0 aliphatic carbocycles. The minimum Gasteiger partial charge on any atom is -0.370 e. The molecule has 0 radical (unpaired) electrons. The third kappa shape index (κ3) is 7.96. The summed E-state index contributed by atoms with van der Waals surface area (Å²) in [6.45, 7) is 0. The fourth-order valence-electron chi connectivity index (χ4n) is 3.15. The first-order valence-electron chi connectivity index (χ1n) is 11.4. The minimum absolute atomic E-state index is 0.0425. The van der Waals surface area contributed by atoms with E-state index in [0.717, 1.165) is 0 Å². The molecular weight excluding hydrogens is 540 g/mol. The van der Waals surface area contributed by atoms with Gasteiger partial charge in [0.25, 0.3) is 21.4 Å². The van der Waals surface area contributed by atoms with Gasteiger partial charge in [0.1, 0.15) is 5.88 Å². The number of nitro groups is 2. The van der Waals surface area contributed by atoms with Crippen LogP contribution in [0, 0.1) is 20.2 Å². The molecule has 40 heavy (non-hydrogen) atoms. The molecule has 4 aromatic rings. The summed E-state index contributed by atoms with van der Waals surface area (Å²) in [4.78, 5) is 20.4. The summed E-state index contributed by atoms with van der Waals surface area (Å²) in [6.07, 6.45) is 0. The molecule has 0 amide bonds. The molecule has 0 aliphatic heterocycles. The van der Waals surface area contributed by atoms with Gasteiger partial charge in [-0.05, 0) is 72.8 Å². The fraction of sp³-hybridized carbons (Fsp3) is 0.0400. The highest BCUT2D eigenvalue weighted by Gasteiger charge is 2.10. The third-order valence-corrected chi connectivity index (χ3v) is 6.23. The molecule has 0 fully saturated rings. The van der Waals surface area contributed by atoms with Crippen molar-refractivity contribution in [2.24, 2.45) is 20.5 Å². The minimum atomic E-state index is -3.74.